The Kier molecular flexibility index (Phi) is 1.74. The van der Waals surface area contributed by atoms with Crippen molar-refractivity contribution in [3.8, 4) is 0 Å². The molecular weight excluding hydrogens is 242 g/mol. The van der Waals surface area contributed by atoms with E-state index >= 15 is 0 Å². The smallest absolute Gasteiger partial charge is 0.254 e. The van der Waals surface area contributed by atoms with Crippen LogP contribution in [-0.4, -0.2) is 23.9 Å². The predicted molar refractivity (Wildman–Crippen MR) is 59.3 cm³/mol. The number of amides is 1. The van der Waals surface area contributed by atoms with Crippen LogP contribution in [0.1, 0.15) is 28.7 Å². The zero-order valence-electron chi connectivity index (χ0n) is 11.6. The highest BCUT2D eigenvalue weighted by atomic mass is 79.9. The van der Waals surface area contributed by atoms with Crippen LogP contribution in [0.5, 0.6) is 0 Å². The molecule has 74 valence electrons. The largest absolute Gasteiger partial charge is 0.339 e. The molecule has 0 radical (unpaired) electrons. The number of benzene rings is 1. The summed E-state index contributed by atoms with van der Waals surface area (Å²) in [6.45, 7) is 1.29. The summed E-state index contributed by atoms with van der Waals surface area (Å²) in [6.07, 6.45) is 1.88. The first-order valence-corrected chi connectivity index (χ1v) is 5.29. The van der Waals surface area contributed by atoms with E-state index in [9.17, 15) is 4.79 Å². The summed E-state index contributed by atoms with van der Waals surface area (Å²) in [5, 5.41) is 0. The number of hydrogen-bond donors (Lipinski definition) is 0. The molecule has 1 aliphatic heterocycles. The maximum atomic E-state index is 12.3. The second-order valence-corrected chi connectivity index (χ2v) is 3.98. The first-order valence-electron chi connectivity index (χ1n) is 6.50. The van der Waals surface area contributed by atoms with Crippen LogP contribution in [0.4, 0.5) is 0 Å². The molecular formula is C11H12BrNO. The van der Waals surface area contributed by atoms with Gasteiger partial charge in [0.1, 0.15) is 0 Å². The Balaban J connectivity index is 2.53. The maximum absolute atomic E-state index is 12.3. The van der Waals surface area contributed by atoms with Crippen molar-refractivity contribution in [1.29, 1.82) is 0 Å². The average molecular weight is 258 g/mol. The third kappa shape index (κ3) is 1.82. The van der Waals surface area contributed by atoms with Gasteiger partial charge < -0.3 is 4.90 Å². The molecule has 0 atom stereocenters. The molecule has 0 spiro atoms. The van der Waals surface area contributed by atoms with Gasteiger partial charge in [-0.05, 0) is 40.9 Å². The molecule has 1 aromatic carbocycles. The van der Waals surface area contributed by atoms with Crippen LogP contribution in [0.3, 0.4) is 0 Å². The van der Waals surface area contributed by atoms with Crippen molar-refractivity contribution in [1.82, 2.24) is 4.90 Å². The monoisotopic (exact) mass is 257 g/mol. The number of carbonyl (C=O) groups is 1. The van der Waals surface area contributed by atoms with Gasteiger partial charge in [-0.15, -0.1) is 0 Å². The van der Waals surface area contributed by atoms with Crippen LogP contribution >= 0.6 is 15.9 Å². The second-order valence-electron chi connectivity index (χ2n) is 3.19. The number of nitrogens with zero attached hydrogens (tertiary/aromatic N) is 1. The highest BCUT2D eigenvalue weighted by Gasteiger charge is 2.20. The Morgan fingerprint density at radius 3 is 2.71 bits per heavy atom. The van der Waals surface area contributed by atoms with Crippen molar-refractivity contribution in [3.63, 3.8) is 0 Å². The molecule has 14 heavy (non-hydrogen) atoms. The maximum Gasteiger partial charge on any atom is 0.254 e. The lowest BCUT2D eigenvalue weighted by atomic mass is 10.2. The van der Waals surface area contributed by atoms with Gasteiger partial charge >= 0.3 is 0 Å². The third-order valence-electron chi connectivity index (χ3n) is 2.25. The lowest BCUT2D eigenvalue weighted by molar-refractivity contribution is 0.0792. The summed E-state index contributed by atoms with van der Waals surface area (Å²) >= 11 is 3.11. The SMILES string of the molecule is [2H]c1c([2H])c([2H])c(C(=O)N2CCCC2)c(Br)c1[2H]. The Bertz CT molecular complexity index is 485. The first kappa shape index (κ1) is 5.91. The zero-order chi connectivity index (χ0) is 13.4. The topological polar surface area (TPSA) is 20.3 Å². The zero-order valence-corrected chi connectivity index (χ0v) is 9.15. The van der Waals surface area contributed by atoms with Gasteiger partial charge in [-0.2, -0.15) is 0 Å². The first-order chi connectivity index (χ1) is 8.45. The second kappa shape index (κ2) is 4.13. The summed E-state index contributed by atoms with van der Waals surface area (Å²) in [5.41, 5.74) is 0.0305. The molecule has 1 saturated heterocycles. The summed E-state index contributed by atoms with van der Waals surface area (Å²) in [4.78, 5) is 13.9. The normalized spacial score (nSPS) is 19.9. The predicted octanol–water partition coefficient (Wildman–Crippen LogP) is 2.69. The minimum atomic E-state index is -0.370. The summed E-state index contributed by atoms with van der Waals surface area (Å²) in [7, 11) is 0. The van der Waals surface area contributed by atoms with Crippen LogP contribution in [0, 0.1) is 0 Å². The number of rotatable bonds is 1. The number of likely N-dealkylation sites (tertiary alicyclic amines) is 1. The van der Waals surface area contributed by atoms with Crippen molar-refractivity contribution < 1.29 is 10.3 Å². The van der Waals surface area contributed by atoms with E-state index in [1.165, 1.54) is 0 Å². The van der Waals surface area contributed by atoms with Crippen molar-refractivity contribution in [2.75, 3.05) is 13.1 Å². The summed E-state index contributed by atoms with van der Waals surface area (Å²) in [5.74, 6) is -0.327. The summed E-state index contributed by atoms with van der Waals surface area (Å²) < 4.78 is 30.7. The molecule has 2 nitrogen and oxygen atoms in total. The molecule has 1 fully saturated rings. The van der Waals surface area contributed by atoms with E-state index in [0.717, 1.165) is 12.8 Å². The van der Waals surface area contributed by atoms with E-state index in [4.69, 9.17) is 5.48 Å². The molecule has 1 amide bonds. The Hall–Kier alpha value is -0.830. The van der Waals surface area contributed by atoms with Crippen LogP contribution in [0.15, 0.2) is 28.6 Å². The van der Waals surface area contributed by atoms with Gasteiger partial charge in [-0.3, -0.25) is 4.79 Å². The van der Waals surface area contributed by atoms with Crippen LogP contribution in [-0.2, 0) is 0 Å². The molecule has 1 aromatic rings. The molecule has 1 heterocycles. The van der Waals surface area contributed by atoms with E-state index in [1.54, 1.807) is 4.90 Å². The molecule has 0 unspecified atom stereocenters. The van der Waals surface area contributed by atoms with Gasteiger partial charge in [0.15, 0.2) is 0 Å². The fraction of sp³-hybridized carbons (Fsp3) is 0.364. The van der Waals surface area contributed by atoms with E-state index < -0.39 is 0 Å². The quantitative estimate of drug-likeness (QED) is 0.758. The number of halogens is 1. The molecule has 0 N–H and O–H groups in total. The van der Waals surface area contributed by atoms with E-state index in [2.05, 4.69) is 15.9 Å². The molecule has 0 bridgehead atoms. The molecule has 0 aromatic heterocycles. The highest BCUT2D eigenvalue weighted by Crippen LogP contribution is 2.20. The van der Waals surface area contributed by atoms with Crippen molar-refractivity contribution in [3.05, 3.63) is 34.2 Å². The third-order valence-corrected chi connectivity index (χ3v) is 2.84. The Morgan fingerprint density at radius 1 is 1.36 bits per heavy atom. The van der Waals surface area contributed by atoms with Crippen LogP contribution in [0.25, 0.3) is 0 Å². The number of carbonyl (C=O) groups excluding carboxylic acids is 1. The Morgan fingerprint density at radius 2 is 2.00 bits per heavy atom. The van der Waals surface area contributed by atoms with Gasteiger partial charge in [0, 0.05) is 17.6 Å². The van der Waals surface area contributed by atoms with Crippen molar-refractivity contribution in [2.24, 2.45) is 0 Å². The van der Waals surface area contributed by atoms with E-state index in [1.807, 2.05) is 0 Å². The minimum Gasteiger partial charge on any atom is -0.339 e. The van der Waals surface area contributed by atoms with Gasteiger partial charge in [0.25, 0.3) is 5.91 Å². The standard InChI is InChI=1S/C11H12BrNO/c12-10-6-2-1-5-9(10)11(14)13-7-3-4-8-13/h1-2,5-6H,3-4,7-8H2/i1D,2D,5D,6D. The van der Waals surface area contributed by atoms with Gasteiger partial charge in [0.2, 0.25) is 0 Å². The fourth-order valence-corrected chi connectivity index (χ4v) is 1.89. The van der Waals surface area contributed by atoms with E-state index in [-0.39, 0.29) is 40.1 Å². The lowest BCUT2D eigenvalue weighted by Gasteiger charge is -2.15. The molecule has 0 aliphatic carbocycles. The van der Waals surface area contributed by atoms with Crippen LogP contribution < -0.4 is 0 Å². The lowest BCUT2D eigenvalue weighted by Crippen LogP contribution is -2.27. The van der Waals surface area contributed by atoms with E-state index in [0.29, 0.717) is 13.1 Å². The highest BCUT2D eigenvalue weighted by molar-refractivity contribution is 9.10. The van der Waals surface area contributed by atoms with Crippen molar-refractivity contribution in [2.45, 2.75) is 12.8 Å². The molecule has 2 rings (SSSR count). The summed E-state index contributed by atoms with van der Waals surface area (Å²) in [6, 6.07) is -1.19. The molecule has 3 heteroatoms. The minimum absolute atomic E-state index is 0.0305. The molecule has 1 aliphatic rings. The number of hydrogen-bond acceptors (Lipinski definition) is 1. The van der Waals surface area contributed by atoms with Crippen molar-refractivity contribution >= 4 is 21.8 Å². The van der Waals surface area contributed by atoms with Gasteiger partial charge in [0.05, 0.1) is 11.0 Å². The van der Waals surface area contributed by atoms with Gasteiger partial charge in [-0.25, -0.2) is 0 Å². The fourth-order valence-electron chi connectivity index (χ4n) is 1.52. The van der Waals surface area contributed by atoms with Crippen LogP contribution in [0.2, 0.25) is 0 Å². The molecule has 0 saturated carbocycles. The van der Waals surface area contributed by atoms with Gasteiger partial charge in [-0.1, -0.05) is 12.1 Å². The Labute approximate surface area is 97.7 Å². The average Bonchev–Trinajstić information content (AvgIpc) is 2.88.